The van der Waals surface area contributed by atoms with Crippen LogP contribution in [-0.4, -0.2) is 69.7 Å². The first-order valence-corrected chi connectivity index (χ1v) is 11.6. The monoisotopic (exact) mass is 461 g/mol. The SMILES string of the molecule is CCCCN(C(=O)CN1CCN(Cc2cc(C)on2)CC1)c1c(N)n(CCC)c(=O)[nH]c1=O. The molecule has 2 aromatic heterocycles. The average Bonchev–Trinajstić information content (AvgIpc) is 3.19. The van der Waals surface area contributed by atoms with Gasteiger partial charge in [0.15, 0.2) is 5.69 Å². The van der Waals surface area contributed by atoms with Crippen LogP contribution in [0.5, 0.6) is 0 Å². The molecule has 1 saturated heterocycles. The summed E-state index contributed by atoms with van der Waals surface area (Å²) in [5, 5.41) is 4.05. The highest BCUT2D eigenvalue weighted by molar-refractivity contribution is 5.96. The van der Waals surface area contributed by atoms with Crippen LogP contribution in [0, 0.1) is 6.92 Å². The number of amides is 1. The number of rotatable bonds is 10. The molecule has 0 bridgehead atoms. The Morgan fingerprint density at radius 3 is 2.48 bits per heavy atom. The summed E-state index contributed by atoms with van der Waals surface area (Å²) in [7, 11) is 0. The smallest absolute Gasteiger partial charge is 0.330 e. The minimum absolute atomic E-state index is 0.0442. The van der Waals surface area contributed by atoms with Crippen LogP contribution in [0.3, 0.4) is 0 Å². The van der Waals surface area contributed by atoms with Gasteiger partial charge in [0.25, 0.3) is 5.56 Å². The van der Waals surface area contributed by atoms with E-state index in [1.165, 1.54) is 9.47 Å². The second-order valence-electron chi connectivity index (χ2n) is 8.52. The van der Waals surface area contributed by atoms with E-state index in [9.17, 15) is 14.4 Å². The third-order valence-corrected chi connectivity index (χ3v) is 5.85. The Hall–Kier alpha value is -2.92. The molecular weight excluding hydrogens is 426 g/mol. The zero-order chi connectivity index (χ0) is 24.0. The van der Waals surface area contributed by atoms with Crippen molar-refractivity contribution in [2.24, 2.45) is 0 Å². The number of hydrogen-bond acceptors (Lipinski definition) is 8. The number of aryl methyl sites for hydroxylation is 1. The standard InChI is InChI=1S/C22H35N7O4/c1-4-6-8-28(19-20(23)29(7-5-2)22(32)24-21(19)31)18(30)15-27-11-9-26(10-12-27)14-17-13-16(3)33-25-17/h13H,4-12,14-15,23H2,1-3H3,(H,24,31,32). The lowest BCUT2D eigenvalue weighted by molar-refractivity contribution is -0.120. The molecule has 0 aliphatic carbocycles. The van der Waals surface area contributed by atoms with Crippen LogP contribution in [0.2, 0.25) is 0 Å². The van der Waals surface area contributed by atoms with E-state index in [0.717, 1.165) is 50.5 Å². The second-order valence-corrected chi connectivity index (χ2v) is 8.52. The van der Waals surface area contributed by atoms with Gasteiger partial charge in [-0.15, -0.1) is 0 Å². The van der Waals surface area contributed by atoms with E-state index < -0.39 is 11.2 Å². The highest BCUT2D eigenvalue weighted by Gasteiger charge is 2.27. The lowest BCUT2D eigenvalue weighted by Gasteiger charge is -2.35. The Morgan fingerprint density at radius 1 is 1.18 bits per heavy atom. The molecule has 1 amide bonds. The molecule has 33 heavy (non-hydrogen) atoms. The van der Waals surface area contributed by atoms with Gasteiger partial charge in [-0.05, 0) is 19.8 Å². The molecule has 1 aliphatic rings. The molecule has 0 unspecified atom stereocenters. The van der Waals surface area contributed by atoms with Crippen molar-refractivity contribution in [1.29, 1.82) is 0 Å². The van der Waals surface area contributed by atoms with Crippen molar-refractivity contribution < 1.29 is 9.32 Å². The number of nitrogens with zero attached hydrogens (tertiary/aromatic N) is 5. The Labute approximate surface area is 193 Å². The zero-order valence-corrected chi connectivity index (χ0v) is 19.8. The van der Waals surface area contributed by atoms with Gasteiger partial charge in [-0.3, -0.25) is 28.9 Å². The first kappa shape index (κ1) is 24.7. The highest BCUT2D eigenvalue weighted by Crippen LogP contribution is 2.19. The summed E-state index contributed by atoms with van der Waals surface area (Å²) in [5.41, 5.74) is 6.02. The van der Waals surface area contributed by atoms with Crippen molar-refractivity contribution >= 4 is 17.4 Å². The number of anilines is 2. The fourth-order valence-electron chi connectivity index (χ4n) is 4.06. The maximum atomic E-state index is 13.3. The van der Waals surface area contributed by atoms with Crippen LogP contribution in [0.25, 0.3) is 0 Å². The van der Waals surface area contributed by atoms with Crippen molar-refractivity contribution in [3.63, 3.8) is 0 Å². The number of aromatic nitrogens is 3. The van der Waals surface area contributed by atoms with Gasteiger partial charge < -0.3 is 15.2 Å². The molecule has 3 rings (SSSR count). The molecule has 0 saturated carbocycles. The number of hydrogen-bond donors (Lipinski definition) is 2. The topological polar surface area (TPSA) is 134 Å². The molecule has 0 atom stereocenters. The minimum atomic E-state index is -0.623. The van der Waals surface area contributed by atoms with Crippen molar-refractivity contribution in [1.82, 2.24) is 24.5 Å². The molecule has 3 heterocycles. The van der Waals surface area contributed by atoms with Crippen molar-refractivity contribution in [3.05, 3.63) is 38.4 Å². The summed E-state index contributed by atoms with van der Waals surface area (Å²) in [6.07, 6.45) is 2.26. The van der Waals surface area contributed by atoms with Crippen LogP contribution in [0.1, 0.15) is 44.6 Å². The van der Waals surface area contributed by atoms with Crippen LogP contribution in [0.15, 0.2) is 20.2 Å². The summed E-state index contributed by atoms with van der Waals surface area (Å²) in [4.78, 5) is 46.3. The Balaban J connectivity index is 1.70. The molecule has 3 N–H and O–H groups in total. The van der Waals surface area contributed by atoms with Gasteiger partial charge in [0.05, 0.1) is 12.2 Å². The minimum Gasteiger partial charge on any atom is -0.383 e. The number of unbranched alkanes of at least 4 members (excludes halogenated alkanes) is 1. The number of carbonyl (C=O) groups excluding carboxylic acids is 1. The van der Waals surface area contributed by atoms with Crippen LogP contribution < -0.4 is 21.9 Å². The van der Waals surface area contributed by atoms with Crippen molar-refractivity contribution in [2.45, 2.75) is 53.1 Å². The number of carbonyl (C=O) groups is 1. The van der Waals surface area contributed by atoms with Crippen LogP contribution in [-0.2, 0) is 17.9 Å². The number of nitrogen functional groups attached to an aromatic ring is 1. The fourth-order valence-corrected chi connectivity index (χ4v) is 4.06. The molecule has 1 fully saturated rings. The Morgan fingerprint density at radius 2 is 1.88 bits per heavy atom. The van der Waals surface area contributed by atoms with Gasteiger partial charge in [0, 0.05) is 51.9 Å². The van der Waals surface area contributed by atoms with Gasteiger partial charge in [0.2, 0.25) is 5.91 Å². The van der Waals surface area contributed by atoms with E-state index >= 15 is 0 Å². The summed E-state index contributed by atoms with van der Waals surface area (Å²) >= 11 is 0. The first-order valence-electron chi connectivity index (χ1n) is 11.6. The van der Waals surface area contributed by atoms with Gasteiger partial charge in [-0.1, -0.05) is 25.4 Å². The Bertz CT molecular complexity index is 1050. The van der Waals surface area contributed by atoms with Crippen molar-refractivity contribution in [2.75, 3.05) is 49.9 Å². The maximum Gasteiger partial charge on any atom is 0.330 e. The zero-order valence-electron chi connectivity index (χ0n) is 19.8. The molecule has 0 radical (unpaired) electrons. The third-order valence-electron chi connectivity index (χ3n) is 5.85. The second kappa shape index (κ2) is 11.3. The predicted molar refractivity (Wildman–Crippen MR) is 126 cm³/mol. The van der Waals surface area contributed by atoms with Gasteiger partial charge in [-0.2, -0.15) is 0 Å². The number of nitrogens with two attached hydrogens (primary N) is 1. The van der Waals surface area contributed by atoms with Gasteiger partial charge in [-0.25, -0.2) is 4.79 Å². The summed E-state index contributed by atoms with van der Waals surface area (Å²) < 4.78 is 6.46. The normalized spacial score (nSPS) is 15.1. The average molecular weight is 462 g/mol. The quantitative estimate of drug-likeness (QED) is 0.530. The molecule has 0 aromatic carbocycles. The van der Waals surface area contributed by atoms with E-state index in [0.29, 0.717) is 26.1 Å². The summed E-state index contributed by atoms with van der Waals surface area (Å²) in [6.45, 7) is 10.5. The molecule has 182 valence electrons. The molecule has 0 spiro atoms. The number of aromatic amines is 1. The van der Waals surface area contributed by atoms with Gasteiger partial charge >= 0.3 is 5.69 Å². The van der Waals surface area contributed by atoms with Crippen LogP contribution >= 0.6 is 0 Å². The largest absolute Gasteiger partial charge is 0.383 e. The third kappa shape index (κ3) is 6.11. The number of piperazine rings is 1. The molecular formula is C22H35N7O4. The van der Waals surface area contributed by atoms with Crippen molar-refractivity contribution in [3.8, 4) is 0 Å². The number of nitrogens with one attached hydrogen (secondary N) is 1. The molecule has 2 aromatic rings. The van der Waals surface area contributed by atoms with E-state index in [1.54, 1.807) is 0 Å². The number of H-pyrrole nitrogens is 1. The Kier molecular flexibility index (Phi) is 8.45. The molecule has 1 aliphatic heterocycles. The van der Waals surface area contributed by atoms with E-state index in [1.807, 2.05) is 26.8 Å². The predicted octanol–water partition coefficient (Wildman–Crippen LogP) is 0.776. The van der Waals surface area contributed by atoms with Crippen LogP contribution in [0.4, 0.5) is 11.5 Å². The van der Waals surface area contributed by atoms with E-state index in [4.69, 9.17) is 10.3 Å². The lowest BCUT2D eigenvalue weighted by Crippen LogP contribution is -2.51. The summed E-state index contributed by atoms with van der Waals surface area (Å²) in [6, 6.07) is 1.93. The maximum absolute atomic E-state index is 13.3. The lowest BCUT2D eigenvalue weighted by atomic mass is 10.2. The fraction of sp³-hybridized carbons (Fsp3) is 0.636. The summed E-state index contributed by atoms with van der Waals surface area (Å²) in [5.74, 6) is 0.645. The van der Waals surface area contributed by atoms with E-state index in [-0.39, 0.29) is 24.0 Å². The molecule has 11 nitrogen and oxygen atoms in total. The first-order chi connectivity index (χ1) is 15.8. The highest BCUT2D eigenvalue weighted by atomic mass is 16.5. The van der Waals surface area contributed by atoms with E-state index in [2.05, 4.69) is 19.9 Å². The molecule has 11 heteroatoms. The van der Waals surface area contributed by atoms with Gasteiger partial charge in [0.1, 0.15) is 11.6 Å².